The monoisotopic (exact) mass is 579 g/mol. The van der Waals surface area contributed by atoms with Crippen molar-refractivity contribution in [1.82, 2.24) is 14.9 Å². The van der Waals surface area contributed by atoms with Crippen molar-refractivity contribution in [2.24, 2.45) is 0 Å². The lowest BCUT2D eigenvalue weighted by molar-refractivity contribution is -0.153. The molecule has 2 N–H and O–H groups in total. The van der Waals surface area contributed by atoms with E-state index in [9.17, 15) is 18.4 Å². The summed E-state index contributed by atoms with van der Waals surface area (Å²) in [5.74, 6) is 0.244. The molecule has 2 aliphatic heterocycles. The molecule has 1 amide bonds. The van der Waals surface area contributed by atoms with Gasteiger partial charge in [0, 0.05) is 48.9 Å². The zero-order chi connectivity index (χ0) is 29.1. The summed E-state index contributed by atoms with van der Waals surface area (Å²) in [6.45, 7) is 5.93. The van der Waals surface area contributed by atoms with E-state index in [0.717, 1.165) is 58.0 Å². The lowest BCUT2D eigenvalue weighted by atomic mass is 9.94. The fourth-order valence-electron chi connectivity index (χ4n) is 5.85. The third-order valence-corrected chi connectivity index (χ3v) is 8.70. The molecule has 11 nitrogen and oxygen atoms in total. The predicted octanol–water partition coefficient (Wildman–Crippen LogP) is 2.75. The number of nitrogens with two attached hydrogens (primary N) is 1. The average molecular weight is 580 g/mol. The van der Waals surface area contributed by atoms with Crippen molar-refractivity contribution >= 4 is 51.2 Å². The summed E-state index contributed by atoms with van der Waals surface area (Å²) in [4.78, 5) is 39.3. The highest BCUT2D eigenvalue weighted by atomic mass is 32.2. The number of carbonyl (C=O) groups is 2. The number of aromatic nitrogens is 2. The minimum Gasteiger partial charge on any atom is -0.755 e. The van der Waals surface area contributed by atoms with Crippen LogP contribution < -0.4 is 14.9 Å². The van der Waals surface area contributed by atoms with Gasteiger partial charge in [-0.05, 0) is 73.4 Å². The Morgan fingerprint density at radius 3 is 2.61 bits per heavy atom. The van der Waals surface area contributed by atoms with Crippen molar-refractivity contribution < 1.29 is 23.1 Å². The molecule has 0 bridgehead atoms. The average Bonchev–Trinajstić information content (AvgIpc) is 3.63. The van der Waals surface area contributed by atoms with E-state index >= 15 is 0 Å². The van der Waals surface area contributed by atoms with Gasteiger partial charge in [0.25, 0.3) is 0 Å². The lowest BCUT2D eigenvalue weighted by Gasteiger charge is -2.32. The van der Waals surface area contributed by atoms with Crippen LogP contribution in [0.2, 0.25) is 0 Å². The van der Waals surface area contributed by atoms with Gasteiger partial charge in [0.1, 0.15) is 23.7 Å². The van der Waals surface area contributed by atoms with E-state index < -0.39 is 35.2 Å². The number of hydrogen-bond donors (Lipinski definition) is 1. The number of benzene rings is 1. The Morgan fingerprint density at radius 2 is 1.95 bits per heavy atom. The number of esters is 1. The van der Waals surface area contributed by atoms with Gasteiger partial charge >= 0.3 is 5.97 Å². The molecule has 0 aliphatic carbocycles. The first-order valence-electron chi connectivity index (χ1n) is 14.0. The molecule has 1 unspecified atom stereocenters. The molecule has 41 heavy (non-hydrogen) atoms. The Labute approximate surface area is 242 Å². The lowest BCUT2D eigenvalue weighted by Crippen LogP contribution is -2.49. The van der Waals surface area contributed by atoms with Gasteiger partial charge in [-0.3, -0.25) is 13.3 Å². The van der Waals surface area contributed by atoms with Gasteiger partial charge in [0.15, 0.2) is 0 Å². The first-order chi connectivity index (χ1) is 19.8. The topological polar surface area (TPSA) is 145 Å². The number of pyridine rings is 2. The normalized spacial score (nSPS) is 18.6. The molecule has 2 fully saturated rings. The first kappa shape index (κ1) is 28.7. The number of rotatable bonds is 10. The third kappa shape index (κ3) is 5.84. The van der Waals surface area contributed by atoms with Gasteiger partial charge in [-0.25, -0.2) is 14.8 Å². The van der Waals surface area contributed by atoms with Crippen LogP contribution in [0.1, 0.15) is 44.2 Å². The van der Waals surface area contributed by atoms with Crippen LogP contribution in [0.15, 0.2) is 42.7 Å². The fraction of sp³-hybridized carbons (Fsp3) is 0.448. The third-order valence-electron chi connectivity index (χ3n) is 7.92. The Hall–Kier alpha value is -3.77. The summed E-state index contributed by atoms with van der Waals surface area (Å²) in [6.07, 6.45) is 6.47. The van der Waals surface area contributed by atoms with Crippen LogP contribution in [-0.4, -0.2) is 73.8 Å². The number of aryl methyl sites for hydroxylation is 1. The van der Waals surface area contributed by atoms with E-state index in [1.807, 2.05) is 25.1 Å². The number of fused-ring (bicyclic) bond motifs is 1. The number of nitrogen functional groups attached to an aromatic ring is 1. The minimum absolute atomic E-state index is 0.160. The van der Waals surface area contributed by atoms with Crippen molar-refractivity contribution in [2.45, 2.75) is 58.0 Å². The molecule has 2 aromatic heterocycles. The number of likely N-dealkylation sites (tertiary alicyclic amines) is 1. The largest absolute Gasteiger partial charge is 0.755 e. The molecule has 3 aromatic rings. The van der Waals surface area contributed by atoms with Crippen molar-refractivity contribution in [3.8, 4) is 0 Å². The minimum atomic E-state index is -2.73. The van der Waals surface area contributed by atoms with Gasteiger partial charge < -0.3 is 24.8 Å². The fourth-order valence-corrected chi connectivity index (χ4v) is 6.53. The number of hydrogen-bond acceptors (Lipinski definition) is 9. The van der Waals surface area contributed by atoms with Crippen LogP contribution in [0, 0.1) is 0 Å². The number of nitrogens with zero attached hydrogens (tertiary/aromatic N) is 5. The maximum atomic E-state index is 13.8. The van der Waals surface area contributed by atoms with Crippen LogP contribution in [0.4, 0.5) is 17.3 Å². The van der Waals surface area contributed by atoms with Crippen LogP contribution in [0.3, 0.4) is 0 Å². The second kappa shape index (κ2) is 12.4. The summed E-state index contributed by atoms with van der Waals surface area (Å²) in [7, 11) is 0. The standard InChI is InChI=1S/C29H36N6O5S/c1-3-19-16-23-20(9-11-31-27(23)30)15-21(19)17-25(29(37)40-4-2)34-14-10-24(28(34)36)35(41(38)39)22-7-8-26(32-18-22)33-12-5-6-13-33/h7-9,11,15-16,18,24-25H,3-6,10,12-14,17H2,1-2H3,(H2,30,31)(H,38,39)/p-1/t24-,25+/m0/s1. The summed E-state index contributed by atoms with van der Waals surface area (Å²) < 4.78 is 31.3. The molecule has 12 heteroatoms. The predicted molar refractivity (Wildman–Crippen MR) is 157 cm³/mol. The van der Waals surface area contributed by atoms with Crippen LogP contribution in [0.5, 0.6) is 0 Å². The Balaban J connectivity index is 1.42. The van der Waals surface area contributed by atoms with Gasteiger partial charge in [0.2, 0.25) is 5.91 Å². The molecule has 5 rings (SSSR count). The molecule has 218 valence electrons. The van der Waals surface area contributed by atoms with E-state index in [4.69, 9.17) is 10.5 Å². The summed E-state index contributed by atoms with van der Waals surface area (Å²) in [5, 5.41) is 1.71. The highest BCUT2D eigenvalue weighted by Crippen LogP contribution is 2.31. The number of ether oxygens (including phenoxy) is 1. The zero-order valence-corrected chi connectivity index (χ0v) is 24.1. The van der Waals surface area contributed by atoms with Crippen molar-refractivity contribution in [3.63, 3.8) is 0 Å². The second-order valence-corrected chi connectivity index (χ2v) is 11.1. The van der Waals surface area contributed by atoms with E-state index in [2.05, 4.69) is 14.9 Å². The Morgan fingerprint density at radius 1 is 1.17 bits per heavy atom. The molecule has 2 aliphatic rings. The molecule has 0 radical (unpaired) electrons. The van der Waals surface area contributed by atoms with E-state index in [1.165, 1.54) is 11.1 Å². The highest BCUT2D eigenvalue weighted by Gasteiger charge is 2.43. The second-order valence-electron chi connectivity index (χ2n) is 10.3. The van der Waals surface area contributed by atoms with Crippen LogP contribution >= 0.6 is 0 Å². The summed E-state index contributed by atoms with van der Waals surface area (Å²) in [5.41, 5.74) is 8.28. The van der Waals surface area contributed by atoms with Crippen LogP contribution in [-0.2, 0) is 38.4 Å². The molecule has 1 aromatic carbocycles. The van der Waals surface area contributed by atoms with Crippen molar-refractivity contribution in [1.29, 1.82) is 0 Å². The first-order valence-corrected chi connectivity index (χ1v) is 15.1. The Kier molecular flexibility index (Phi) is 8.69. The molecule has 0 saturated carbocycles. The maximum absolute atomic E-state index is 13.8. The van der Waals surface area contributed by atoms with Gasteiger partial charge in [-0.1, -0.05) is 13.0 Å². The quantitative estimate of drug-likeness (QED) is 0.283. The molecule has 2 saturated heterocycles. The molecule has 0 spiro atoms. The molecule has 3 atom stereocenters. The Bertz CT molecular complexity index is 1450. The summed E-state index contributed by atoms with van der Waals surface area (Å²) >= 11 is -2.73. The van der Waals surface area contributed by atoms with Crippen molar-refractivity contribution in [2.75, 3.05) is 41.2 Å². The van der Waals surface area contributed by atoms with Gasteiger partial charge in [-0.15, -0.1) is 0 Å². The SMILES string of the molecule is CCOC(=O)[C@@H](Cc1cc2ccnc(N)c2cc1CC)N1CC[C@H](N(c2ccc(N3CCCC3)nc2)S(=O)[O-])C1=O. The molecule has 4 heterocycles. The number of anilines is 3. The highest BCUT2D eigenvalue weighted by molar-refractivity contribution is 7.80. The van der Waals surface area contributed by atoms with E-state index in [-0.39, 0.29) is 26.0 Å². The van der Waals surface area contributed by atoms with Crippen LogP contribution in [0.25, 0.3) is 10.8 Å². The zero-order valence-electron chi connectivity index (χ0n) is 23.3. The number of amides is 1. The smallest absolute Gasteiger partial charge is 0.329 e. The van der Waals surface area contributed by atoms with E-state index in [1.54, 1.807) is 25.3 Å². The molecular formula is C29H35N6O5S-. The van der Waals surface area contributed by atoms with Gasteiger partial charge in [-0.2, -0.15) is 0 Å². The van der Waals surface area contributed by atoms with Gasteiger partial charge in [0.05, 0.1) is 18.5 Å². The molecular weight excluding hydrogens is 544 g/mol. The maximum Gasteiger partial charge on any atom is 0.329 e. The van der Waals surface area contributed by atoms with Crippen molar-refractivity contribution in [3.05, 3.63) is 53.9 Å². The van der Waals surface area contributed by atoms with E-state index in [0.29, 0.717) is 17.9 Å². The number of carbonyl (C=O) groups excluding carboxylic acids is 2. The summed E-state index contributed by atoms with van der Waals surface area (Å²) in [6, 6.07) is 7.37.